The van der Waals surface area contributed by atoms with Gasteiger partial charge in [0.1, 0.15) is 6.26 Å². The summed E-state index contributed by atoms with van der Waals surface area (Å²) in [7, 11) is 0. The summed E-state index contributed by atoms with van der Waals surface area (Å²) in [6.07, 6.45) is 3.37. The van der Waals surface area contributed by atoms with Crippen LogP contribution in [0, 0.1) is 0 Å². The summed E-state index contributed by atoms with van der Waals surface area (Å²) in [6.45, 7) is 1.26. The van der Waals surface area contributed by atoms with Gasteiger partial charge in [0.2, 0.25) is 11.9 Å². The minimum Gasteiger partial charge on any atom is -0.369 e. The number of benzene rings is 1. The van der Waals surface area contributed by atoms with Gasteiger partial charge < -0.3 is 15.2 Å². The van der Waals surface area contributed by atoms with Crippen LogP contribution in [0.3, 0.4) is 0 Å². The van der Waals surface area contributed by atoms with Crippen LogP contribution in [-0.4, -0.2) is 39.0 Å². The summed E-state index contributed by atoms with van der Waals surface area (Å²) in [5.41, 5.74) is 8.61. The first-order valence-corrected chi connectivity index (χ1v) is 9.23. The highest BCUT2D eigenvalue weighted by atomic mass is 16.5. The molecule has 1 fully saturated rings. The zero-order valence-electron chi connectivity index (χ0n) is 15.3. The number of nitrogen functional groups attached to an aromatic ring is 1. The Kier molecular flexibility index (Phi) is 4.92. The number of hydrogen-bond acceptors (Lipinski definition) is 6. The number of H-pyrrole nitrogens is 1. The lowest BCUT2D eigenvalue weighted by Gasteiger charge is -2.31. The number of hydrogen-bond donors (Lipinski definition) is 2. The fourth-order valence-electron chi connectivity index (χ4n) is 3.66. The van der Waals surface area contributed by atoms with Crippen LogP contribution >= 0.6 is 0 Å². The Balaban J connectivity index is 1.41. The van der Waals surface area contributed by atoms with E-state index in [2.05, 4.69) is 15.1 Å². The SMILES string of the molecule is Nc1nc(CC(=O)N2CCC(c3nocc3-c3ccccc3)CC2)cc(=O)[nH]1. The molecule has 4 rings (SSSR count). The van der Waals surface area contributed by atoms with Gasteiger partial charge in [-0.05, 0) is 18.4 Å². The summed E-state index contributed by atoms with van der Waals surface area (Å²) < 4.78 is 5.25. The van der Waals surface area contributed by atoms with E-state index in [1.54, 1.807) is 11.2 Å². The molecule has 1 amide bonds. The van der Waals surface area contributed by atoms with Crippen molar-refractivity contribution in [2.24, 2.45) is 0 Å². The molecule has 1 aliphatic rings. The Bertz CT molecular complexity index is 1020. The fourth-order valence-corrected chi connectivity index (χ4v) is 3.66. The molecule has 3 heterocycles. The number of nitrogens with one attached hydrogen (secondary N) is 1. The average Bonchev–Trinajstić information content (AvgIpc) is 3.18. The number of piperidine rings is 1. The first-order chi connectivity index (χ1) is 13.6. The number of aromatic amines is 1. The summed E-state index contributed by atoms with van der Waals surface area (Å²) in [5, 5.41) is 4.23. The van der Waals surface area contributed by atoms with Crippen molar-refractivity contribution in [2.45, 2.75) is 25.2 Å². The fraction of sp³-hybridized carbons (Fsp3) is 0.300. The lowest BCUT2D eigenvalue weighted by Crippen LogP contribution is -2.39. The van der Waals surface area contributed by atoms with Gasteiger partial charge in [-0.1, -0.05) is 35.5 Å². The molecular formula is C20H21N5O3. The van der Waals surface area contributed by atoms with Crippen LogP contribution in [0.5, 0.6) is 0 Å². The number of likely N-dealkylation sites (tertiary alicyclic amines) is 1. The molecular weight excluding hydrogens is 358 g/mol. The smallest absolute Gasteiger partial charge is 0.252 e. The molecule has 0 unspecified atom stereocenters. The molecule has 2 aromatic heterocycles. The van der Waals surface area contributed by atoms with E-state index in [9.17, 15) is 9.59 Å². The number of anilines is 1. The van der Waals surface area contributed by atoms with E-state index in [0.29, 0.717) is 18.8 Å². The van der Waals surface area contributed by atoms with E-state index in [-0.39, 0.29) is 29.8 Å². The van der Waals surface area contributed by atoms with Crippen LogP contribution in [0.2, 0.25) is 0 Å². The van der Waals surface area contributed by atoms with Crippen molar-refractivity contribution >= 4 is 11.9 Å². The topological polar surface area (TPSA) is 118 Å². The second-order valence-corrected chi connectivity index (χ2v) is 6.93. The second-order valence-electron chi connectivity index (χ2n) is 6.93. The molecule has 144 valence electrons. The Morgan fingerprint density at radius 1 is 1.25 bits per heavy atom. The van der Waals surface area contributed by atoms with E-state index < -0.39 is 0 Å². The van der Waals surface area contributed by atoms with Gasteiger partial charge in [-0.25, -0.2) is 4.98 Å². The zero-order chi connectivity index (χ0) is 19.5. The van der Waals surface area contributed by atoms with Gasteiger partial charge in [-0.2, -0.15) is 0 Å². The van der Waals surface area contributed by atoms with Crippen molar-refractivity contribution in [1.82, 2.24) is 20.0 Å². The summed E-state index contributed by atoms with van der Waals surface area (Å²) in [5.74, 6) is 0.208. The van der Waals surface area contributed by atoms with Crippen molar-refractivity contribution in [3.05, 3.63) is 64.4 Å². The van der Waals surface area contributed by atoms with Gasteiger partial charge in [0.25, 0.3) is 5.56 Å². The summed E-state index contributed by atoms with van der Waals surface area (Å²) in [6, 6.07) is 11.3. The third-order valence-corrected chi connectivity index (χ3v) is 5.06. The molecule has 1 aromatic carbocycles. The highest BCUT2D eigenvalue weighted by Gasteiger charge is 2.28. The first-order valence-electron chi connectivity index (χ1n) is 9.23. The Morgan fingerprint density at radius 3 is 2.71 bits per heavy atom. The van der Waals surface area contributed by atoms with Crippen molar-refractivity contribution in [2.75, 3.05) is 18.8 Å². The normalized spacial score (nSPS) is 14.9. The van der Waals surface area contributed by atoms with E-state index in [1.807, 2.05) is 30.3 Å². The predicted molar refractivity (Wildman–Crippen MR) is 103 cm³/mol. The van der Waals surface area contributed by atoms with E-state index in [1.165, 1.54) is 6.07 Å². The molecule has 28 heavy (non-hydrogen) atoms. The van der Waals surface area contributed by atoms with E-state index in [4.69, 9.17) is 10.3 Å². The molecule has 1 saturated heterocycles. The zero-order valence-corrected chi connectivity index (χ0v) is 15.3. The lowest BCUT2D eigenvalue weighted by molar-refractivity contribution is -0.131. The van der Waals surface area contributed by atoms with Crippen LogP contribution in [0.4, 0.5) is 5.95 Å². The highest BCUT2D eigenvalue weighted by Crippen LogP contribution is 2.34. The molecule has 1 aliphatic heterocycles. The monoisotopic (exact) mass is 379 g/mol. The Morgan fingerprint density at radius 2 is 2.00 bits per heavy atom. The van der Waals surface area contributed by atoms with E-state index >= 15 is 0 Å². The Hall–Kier alpha value is -3.42. The van der Waals surface area contributed by atoms with Gasteiger partial charge >= 0.3 is 0 Å². The van der Waals surface area contributed by atoms with Gasteiger partial charge in [-0.15, -0.1) is 0 Å². The quantitative estimate of drug-likeness (QED) is 0.715. The summed E-state index contributed by atoms with van der Waals surface area (Å²) >= 11 is 0. The predicted octanol–water partition coefficient (Wildman–Crippen LogP) is 1.96. The Labute approximate surface area is 161 Å². The van der Waals surface area contributed by atoms with Crippen molar-refractivity contribution < 1.29 is 9.32 Å². The highest BCUT2D eigenvalue weighted by molar-refractivity contribution is 5.78. The number of amides is 1. The molecule has 0 aliphatic carbocycles. The number of carbonyl (C=O) groups is 1. The average molecular weight is 379 g/mol. The van der Waals surface area contributed by atoms with Crippen LogP contribution in [0.15, 0.2) is 52.0 Å². The molecule has 3 N–H and O–H groups in total. The standard InChI is InChI=1S/C20H21N5O3/c21-20-22-15(10-17(26)23-20)11-18(27)25-8-6-14(7-9-25)19-16(12-28-24-19)13-4-2-1-3-5-13/h1-5,10,12,14H,6-9,11H2,(H3,21,22,23,26). The molecule has 0 atom stereocenters. The summed E-state index contributed by atoms with van der Waals surface area (Å²) in [4.78, 5) is 32.2. The molecule has 0 radical (unpaired) electrons. The van der Waals surface area contributed by atoms with Crippen LogP contribution in [0.25, 0.3) is 11.1 Å². The lowest BCUT2D eigenvalue weighted by atomic mass is 9.89. The minimum absolute atomic E-state index is 0.0217. The van der Waals surface area contributed by atoms with Crippen molar-refractivity contribution in [3.63, 3.8) is 0 Å². The van der Waals surface area contributed by atoms with Gasteiger partial charge in [0, 0.05) is 30.6 Å². The van der Waals surface area contributed by atoms with Crippen molar-refractivity contribution in [3.8, 4) is 11.1 Å². The molecule has 0 spiro atoms. The molecule has 3 aromatic rings. The van der Waals surface area contributed by atoms with Gasteiger partial charge in [0.05, 0.1) is 17.8 Å². The molecule has 8 heteroatoms. The third-order valence-electron chi connectivity index (χ3n) is 5.06. The minimum atomic E-state index is -0.353. The second kappa shape index (κ2) is 7.67. The van der Waals surface area contributed by atoms with Gasteiger partial charge in [-0.3, -0.25) is 14.6 Å². The maximum Gasteiger partial charge on any atom is 0.252 e. The van der Waals surface area contributed by atoms with E-state index in [0.717, 1.165) is 29.7 Å². The number of nitrogens with two attached hydrogens (primary N) is 1. The number of nitrogens with zero attached hydrogens (tertiary/aromatic N) is 3. The first kappa shape index (κ1) is 18.0. The number of rotatable bonds is 4. The largest absolute Gasteiger partial charge is 0.369 e. The number of carbonyl (C=O) groups excluding carboxylic acids is 1. The van der Waals surface area contributed by atoms with Crippen LogP contribution in [-0.2, 0) is 11.2 Å². The van der Waals surface area contributed by atoms with Gasteiger partial charge in [0.15, 0.2) is 0 Å². The third kappa shape index (κ3) is 3.80. The maximum absolute atomic E-state index is 12.6. The van der Waals surface area contributed by atoms with Crippen molar-refractivity contribution in [1.29, 1.82) is 0 Å². The molecule has 8 nitrogen and oxygen atoms in total. The van der Waals surface area contributed by atoms with Crippen LogP contribution in [0.1, 0.15) is 30.1 Å². The number of aromatic nitrogens is 3. The molecule has 0 bridgehead atoms. The molecule has 0 saturated carbocycles. The van der Waals surface area contributed by atoms with Crippen LogP contribution < -0.4 is 11.3 Å². The maximum atomic E-state index is 12.6.